The molecule has 1 aliphatic carbocycles. The number of hydrogen-bond acceptors (Lipinski definition) is 12. The molecule has 3 N–H and O–H groups in total. The number of ether oxygens (including phenoxy) is 2. The van der Waals surface area contributed by atoms with Gasteiger partial charge >= 0.3 is 11.8 Å². The van der Waals surface area contributed by atoms with Gasteiger partial charge in [0.2, 0.25) is 5.91 Å². The van der Waals surface area contributed by atoms with E-state index in [-0.39, 0.29) is 29.2 Å². The minimum absolute atomic E-state index is 0.0554. The van der Waals surface area contributed by atoms with Crippen LogP contribution in [0.15, 0.2) is 65.4 Å². The number of anilines is 1. The van der Waals surface area contributed by atoms with Gasteiger partial charge in [-0.05, 0) is 79.6 Å². The van der Waals surface area contributed by atoms with Gasteiger partial charge < -0.3 is 29.2 Å². The van der Waals surface area contributed by atoms with Crippen LogP contribution in [0.4, 0.5) is 5.69 Å². The third-order valence-corrected chi connectivity index (χ3v) is 12.4. The van der Waals surface area contributed by atoms with E-state index in [0.717, 1.165) is 94.8 Å². The van der Waals surface area contributed by atoms with E-state index >= 15 is 0 Å². The highest BCUT2D eigenvalue weighted by atomic mass is 16.5. The van der Waals surface area contributed by atoms with Gasteiger partial charge in [-0.15, -0.1) is 0 Å². The molecule has 3 aromatic heterocycles. The van der Waals surface area contributed by atoms with E-state index < -0.39 is 12.0 Å². The number of aromatic amines is 1. The maximum Gasteiger partial charge on any atom is 0.315 e. The highest BCUT2D eigenvalue weighted by Crippen LogP contribution is 2.43. The number of nitrogens with one attached hydrogen (secondary N) is 3. The van der Waals surface area contributed by atoms with Crippen molar-refractivity contribution >= 4 is 45.3 Å². The summed E-state index contributed by atoms with van der Waals surface area (Å²) in [6.45, 7) is 13.6. The van der Waals surface area contributed by atoms with Gasteiger partial charge in [-0.1, -0.05) is 50.2 Å². The fraction of sp³-hybridized carbons (Fsp3) is 0.413. The van der Waals surface area contributed by atoms with Gasteiger partial charge in [0.15, 0.2) is 11.9 Å². The minimum Gasteiger partial charge on any atom is -0.495 e. The largest absolute Gasteiger partial charge is 0.495 e. The van der Waals surface area contributed by atoms with Crippen LogP contribution in [0.5, 0.6) is 11.5 Å². The van der Waals surface area contributed by atoms with Crippen molar-refractivity contribution in [3.63, 3.8) is 0 Å². The van der Waals surface area contributed by atoms with Crippen molar-refractivity contribution in [1.29, 1.82) is 0 Å². The number of hydrogen-bond donors (Lipinski definition) is 3. The van der Waals surface area contributed by atoms with Crippen molar-refractivity contribution in [3.05, 3.63) is 89.3 Å². The molecule has 1 saturated carbocycles. The molecule has 316 valence electrons. The van der Waals surface area contributed by atoms with Crippen molar-refractivity contribution in [1.82, 2.24) is 40.6 Å². The molecule has 9 rings (SSSR count). The van der Waals surface area contributed by atoms with Gasteiger partial charge in [0.1, 0.15) is 23.5 Å². The van der Waals surface area contributed by atoms with E-state index in [1.807, 2.05) is 58.9 Å². The Morgan fingerprint density at radius 3 is 2.46 bits per heavy atom. The molecule has 6 aromatic rings. The van der Waals surface area contributed by atoms with Crippen LogP contribution in [0.1, 0.15) is 98.5 Å². The van der Waals surface area contributed by atoms with Crippen molar-refractivity contribution in [2.45, 2.75) is 89.8 Å². The number of aromatic nitrogens is 5. The highest BCUT2D eigenvalue weighted by Gasteiger charge is 2.36. The first kappa shape index (κ1) is 40.1. The van der Waals surface area contributed by atoms with Crippen LogP contribution in [0, 0.1) is 6.92 Å². The van der Waals surface area contributed by atoms with Crippen LogP contribution < -0.4 is 25.0 Å². The summed E-state index contributed by atoms with van der Waals surface area (Å²) in [4.78, 5) is 58.9. The van der Waals surface area contributed by atoms with Crippen molar-refractivity contribution in [3.8, 4) is 22.8 Å². The predicted octanol–water partition coefficient (Wildman–Crippen LogP) is 6.52. The van der Waals surface area contributed by atoms with Crippen LogP contribution in [0.3, 0.4) is 0 Å². The zero-order valence-electron chi connectivity index (χ0n) is 35.4. The number of fused-ring (bicyclic) bond motifs is 3. The lowest BCUT2D eigenvalue weighted by molar-refractivity contribution is -0.138. The maximum atomic E-state index is 13.0. The SMILES string of the molecule is COc1cc2c(cc1N1CCN([C@H]3C[C@@H](c4ccc(O[C@H]5CCC(=O)NC5=O)cc4)C3)CC1)[nH]c1ncnc(-c3ccc([C@@H](C)NC(=O)c4nc(C(C)(C)C)no4)c(C)c3)c12. The summed E-state index contributed by atoms with van der Waals surface area (Å²) in [7, 11) is 1.72. The Labute approximate surface area is 353 Å². The minimum atomic E-state index is -0.631. The summed E-state index contributed by atoms with van der Waals surface area (Å²) >= 11 is 0. The van der Waals surface area contributed by atoms with Gasteiger partial charge in [-0.3, -0.25) is 24.6 Å². The molecule has 3 aliphatic rings. The molecule has 0 spiro atoms. The summed E-state index contributed by atoms with van der Waals surface area (Å²) in [5.41, 5.74) is 7.43. The fourth-order valence-electron chi connectivity index (χ4n) is 8.89. The van der Waals surface area contributed by atoms with E-state index in [4.69, 9.17) is 19.0 Å². The zero-order valence-corrected chi connectivity index (χ0v) is 35.4. The second kappa shape index (κ2) is 15.9. The predicted molar refractivity (Wildman–Crippen MR) is 230 cm³/mol. The molecule has 3 aromatic carbocycles. The molecule has 0 radical (unpaired) electrons. The van der Waals surface area contributed by atoms with Crippen LogP contribution in [0.25, 0.3) is 33.2 Å². The lowest BCUT2D eigenvalue weighted by Gasteiger charge is -2.47. The van der Waals surface area contributed by atoms with Gasteiger partial charge in [0.05, 0.1) is 35.4 Å². The number of nitrogens with zero attached hydrogens (tertiary/aromatic N) is 6. The van der Waals surface area contributed by atoms with E-state index in [9.17, 15) is 14.4 Å². The van der Waals surface area contributed by atoms with Gasteiger partial charge in [-0.25, -0.2) is 9.97 Å². The number of piperidine rings is 1. The third-order valence-electron chi connectivity index (χ3n) is 12.4. The summed E-state index contributed by atoms with van der Waals surface area (Å²) in [6.07, 6.45) is 3.87. The lowest BCUT2D eigenvalue weighted by atomic mass is 9.75. The number of piperazine rings is 1. The number of benzene rings is 3. The lowest BCUT2D eigenvalue weighted by Crippen LogP contribution is -2.53. The smallest absolute Gasteiger partial charge is 0.315 e. The van der Waals surface area contributed by atoms with Crippen LogP contribution in [0.2, 0.25) is 0 Å². The van der Waals surface area contributed by atoms with Crippen molar-refractivity contribution < 1.29 is 28.4 Å². The Morgan fingerprint density at radius 2 is 1.77 bits per heavy atom. The van der Waals surface area contributed by atoms with Gasteiger partial charge in [-0.2, -0.15) is 4.98 Å². The summed E-state index contributed by atoms with van der Waals surface area (Å²) in [5.74, 6) is 1.34. The third kappa shape index (κ3) is 7.89. The van der Waals surface area contributed by atoms with Crippen molar-refractivity contribution in [2.24, 2.45) is 0 Å². The molecule has 2 saturated heterocycles. The van der Waals surface area contributed by atoms with Gasteiger partial charge in [0, 0.05) is 61.4 Å². The Kier molecular flexibility index (Phi) is 10.5. The Hall–Kier alpha value is -6.35. The monoisotopic (exact) mass is 825 g/mol. The van der Waals surface area contributed by atoms with E-state index in [1.54, 1.807) is 13.4 Å². The summed E-state index contributed by atoms with van der Waals surface area (Å²) in [6, 6.07) is 18.7. The molecule has 3 amide bonds. The first-order chi connectivity index (χ1) is 29.3. The molecular weight excluding hydrogens is 775 g/mol. The number of imide groups is 1. The zero-order chi connectivity index (χ0) is 42.6. The average Bonchev–Trinajstić information content (AvgIpc) is 3.88. The highest BCUT2D eigenvalue weighted by molar-refractivity contribution is 6.13. The normalized spacial score (nSPS) is 20.4. The number of rotatable bonds is 10. The molecule has 61 heavy (non-hydrogen) atoms. The second-order valence-corrected chi connectivity index (χ2v) is 17.6. The van der Waals surface area contributed by atoms with E-state index in [2.05, 4.69) is 70.9 Å². The molecule has 0 unspecified atom stereocenters. The van der Waals surface area contributed by atoms with Crippen LogP contribution in [-0.2, 0) is 15.0 Å². The topological polar surface area (TPSA) is 181 Å². The van der Waals surface area contributed by atoms with Crippen LogP contribution >= 0.6 is 0 Å². The van der Waals surface area contributed by atoms with E-state index in [1.165, 1.54) is 5.56 Å². The van der Waals surface area contributed by atoms with E-state index in [0.29, 0.717) is 36.4 Å². The number of H-pyrrole nitrogens is 1. The Morgan fingerprint density at radius 1 is 1.00 bits per heavy atom. The molecule has 0 bridgehead atoms. The van der Waals surface area contributed by atoms with Crippen LogP contribution in [-0.4, -0.2) is 93.1 Å². The first-order valence-electron chi connectivity index (χ1n) is 21.0. The number of carbonyl (C=O) groups is 3. The molecule has 2 aliphatic heterocycles. The first-order valence-corrected chi connectivity index (χ1v) is 21.0. The molecule has 15 heteroatoms. The standard InChI is InChI=1S/C46H51N9O6/c1-25-19-28(9-12-32(25)26(2)49-43(58)44-52-45(53-61-44)46(3,4)5)40-39-33-22-37(59-6)35(23-34(33)50-41(39)48-24-47-40)55-17-15-54(16-18-55)30-20-29(21-30)27-7-10-31(11-8-27)60-36-13-14-38(56)51-42(36)57/h7-12,19,22-24,26,29-30,36H,13-18,20-21H2,1-6H3,(H,49,58)(H,47,48,50)(H,51,56,57)/t26-,29-,30+,36+/m1/s1. The molecular formula is C46H51N9O6. The maximum absolute atomic E-state index is 13.0. The number of carbonyl (C=O) groups excluding carboxylic acids is 3. The molecule has 3 fully saturated rings. The number of methoxy groups -OCH3 is 1. The summed E-state index contributed by atoms with van der Waals surface area (Å²) < 4.78 is 17.2. The van der Waals surface area contributed by atoms with Crippen molar-refractivity contribution in [2.75, 3.05) is 38.2 Å². The number of aryl methyl sites for hydroxylation is 1. The average molecular weight is 826 g/mol. The molecule has 5 heterocycles. The second-order valence-electron chi connectivity index (χ2n) is 17.6. The fourth-order valence-corrected chi connectivity index (χ4v) is 8.89. The number of amides is 3. The molecule has 15 nitrogen and oxygen atoms in total. The summed E-state index contributed by atoms with van der Waals surface area (Å²) in [5, 5.41) is 11.2. The molecule has 2 atom stereocenters. The quantitative estimate of drug-likeness (QED) is 0.128. The Bertz CT molecular complexity index is 2630. The Balaban J connectivity index is 0.848. The van der Waals surface area contributed by atoms with Gasteiger partial charge in [0.25, 0.3) is 5.91 Å².